The van der Waals surface area contributed by atoms with Crippen molar-refractivity contribution in [3.05, 3.63) is 33.8 Å². The van der Waals surface area contributed by atoms with Crippen molar-refractivity contribution in [3.8, 4) is 0 Å². The van der Waals surface area contributed by atoms with Crippen LogP contribution in [0.3, 0.4) is 0 Å². The van der Waals surface area contributed by atoms with E-state index in [2.05, 4.69) is 5.32 Å². The molecular formula is C15H17Cl2NO3S2. The van der Waals surface area contributed by atoms with Gasteiger partial charge < -0.3 is 10.4 Å². The van der Waals surface area contributed by atoms with Gasteiger partial charge in [-0.1, -0.05) is 29.3 Å². The van der Waals surface area contributed by atoms with E-state index in [9.17, 15) is 14.7 Å². The first-order chi connectivity index (χ1) is 10.9. The van der Waals surface area contributed by atoms with Gasteiger partial charge in [-0.25, -0.2) is 4.79 Å². The highest BCUT2D eigenvalue weighted by atomic mass is 35.5. The molecule has 0 aromatic heterocycles. The van der Waals surface area contributed by atoms with E-state index in [1.807, 2.05) is 6.07 Å². The fourth-order valence-corrected chi connectivity index (χ4v) is 4.88. The first kappa shape index (κ1) is 18.8. The molecule has 2 N–H and O–H groups in total. The molecule has 1 saturated heterocycles. The standard InChI is InChI=1S/C15H17Cl2NO3S2/c16-11-2-1-10(12(17)7-11)8-23-9-13(19)18-15(14(20)21)3-5-22-6-4-15/h1-2,7H,3-6,8-9H2,(H,18,19)(H,20,21). The highest BCUT2D eigenvalue weighted by Crippen LogP contribution is 2.28. The topological polar surface area (TPSA) is 66.4 Å². The number of thioether (sulfide) groups is 2. The van der Waals surface area contributed by atoms with Gasteiger partial charge in [0.2, 0.25) is 5.91 Å². The van der Waals surface area contributed by atoms with Gasteiger partial charge in [-0.3, -0.25) is 4.79 Å². The van der Waals surface area contributed by atoms with Crippen molar-refractivity contribution in [2.75, 3.05) is 17.3 Å². The van der Waals surface area contributed by atoms with Gasteiger partial charge >= 0.3 is 5.97 Å². The Bertz CT molecular complexity index is 592. The first-order valence-corrected chi connectivity index (χ1v) is 10.1. The van der Waals surface area contributed by atoms with E-state index in [4.69, 9.17) is 23.2 Å². The molecule has 0 unspecified atom stereocenters. The number of hydrogen-bond acceptors (Lipinski definition) is 4. The molecule has 8 heteroatoms. The molecule has 0 aliphatic carbocycles. The molecule has 0 bridgehead atoms. The molecule has 1 aliphatic heterocycles. The van der Waals surface area contributed by atoms with Crippen molar-refractivity contribution in [3.63, 3.8) is 0 Å². The Balaban J connectivity index is 1.85. The molecule has 1 amide bonds. The van der Waals surface area contributed by atoms with E-state index >= 15 is 0 Å². The molecule has 1 aliphatic rings. The number of rotatable bonds is 6. The number of carbonyl (C=O) groups excluding carboxylic acids is 1. The molecule has 1 fully saturated rings. The lowest BCUT2D eigenvalue weighted by molar-refractivity contribution is -0.147. The predicted octanol–water partition coefficient (Wildman–Crippen LogP) is 3.69. The van der Waals surface area contributed by atoms with Gasteiger partial charge in [-0.2, -0.15) is 11.8 Å². The summed E-state index contributed by atoms with van der Waals surface area (Å²) in [6, 6.07) is 5.24. The van der Waals surface area contributed by atoms with Crippen LogP contribution in [0.5, 0.6) is 0 Å². The number of aliphatic carboxylic acids is 1. The Labute approximate surface area is 153 Å². The summed E-state index contributed by atoms with van der Waals surface area (Å²) in [7, 11) is 0. The second-order valence-electron chi connectivity index (χ2n) is 5.28. The van der Waals surface area contributed by atoms with Crippen LogP contribution in [0.25, 0.3) is 0 Å². The van der Waals surface area contributed by atoms with Crippen molar-refractivity contribution >= 4 is 58.6 Å². The van der Waals surface area contributed by atoms with Gasteiger partial charge in [0.15, 0.2) is 0 Å². The average Bonchev–Trinajstić information content (AvgIpc) is 2.50. The quantitative estimate of drug-likeness (QED) is 0.770. The molecular weight excluding hydrogens is 377 g/mol. The summed E-state index contributed by atoms with van der Waals surface area (Å²) in [6.07, 6.45) is 0.929. The number of carbonyl (C=O) groups is 2. The Morgan fingerprint density at radius 2 is 2.00 bits per heavy atom. The van der Waals surface area contributed by atoms with Crippen LogP contribution >= 0.6 is 46.7 Å². The normalized spacial score (nSPS) is 16.8. The second-order valence-corrected chi connectivity index (χ2v) is 8.33. The van der Waals surface area contributed by atoms with Crippen molar-refractivity contribution in [2.24, 2.45) is 0 Å². The smallest absolute Gasteiger partial charge is 0.329 e. The molecule has 1 aromatic carbocycles. The molecule has 2 rings (SSSR count). The first-order valence-electron chi connectivity index (χ1n) is 7.07. The summed E-state index contributed by atoms with van der Waals surface area (Å²) < 4.78 is 0. The van der Waals surface area contributed by atoms with Crippen LogP contribution in [-0.4, -0.2) is 39.8 Å². The molecule has 23 heavy (non-hydrogen) atoms. The monoisotopic (exact) mass is 393 g/mol. The number of carboxylic acids is 1. The van der Waals surface area contributed by atoms with Crippen LogP contribution in [0.1, 0.15) is 18.4 Å². The van der Waals surface area contributed by atoms with E-state index in [1.54, 1.807) is 23.9 Å². The Morgan fingerprint density at radius 1 is 1.30 bits per heavy atom. The van der Waals surface area contributed by atoms with Crippen molar-refractivity contribution < 1.29 is 14.7 Å². The molecule has 0 atom stereocenters. The molecule has 126 valence electrons. The third kappa shape index (κ3) is 5.21. The van der Waals surface area contributed by atoms with Crippen molar-refractivity contribution in [1.29, 1.82) is 0 Å². The maximum absolute atomic E-state index is 12.1. The van der Waals surface area contributed by atoms with E-state index in [0.29, 0.717) is 28.6 Å². The van der Waals surface area contributed by atoms with Crippen LogP contribution in [0.4, 0.5) is 0 Å². The van der Waals surface area contributed by atoms with Gasteiger partial charge in [0.25, 0.3) is 0 Å². The summed E-state index contributed by atoms with van der Waals surface area (Å²) in [6.45, 7) is 0. The Kier molecular flexibility index (Phi) is 6.95. The van der Waals surface area contributed by atoms with Crippen molar-refractivity contribution in [2.45, 2.75) is 24.1 Å². The highest BCUT2D eigenvalue weighted by molar-refractivity contribution is 7.99. The summed E-state index contributed by atoms with van der Waals surface area (Å²) in [5, 5.41) is 13.3. The molecule has 0 saturated carbocycles. The Morgan fingerprint density at radius 3 is 2.61 bits per heavy atom. The lowest BCUT2D eigenvalue weighted by atomic mass is 9.92. The third-order valence-corrected chi connectivity index (χ3v) is 6.19. The van der Waals surface area contributed by atoms with Crippen molar-refractivity contribution in [1.82, 2.24) is 5.32 Å². The number of nitrogens with one attached hydrogen (secondary N) is 1. The van der Waals surface area contributed by atoms with Crippen LogP contribution in [0, 0.1) is 0 Å². The van der Waals surface area contributed by atoms with E-state index in [-0.39, 0.29) is 11.7 Å². The summed E-state index contributed by atoms with van der Waals surface area (Å²) in [4.78, 5) is 23.6. The second kappa shape index (κ2) is 8.51. The van der Waals surface area contributed by atoms with E-state index in [1.165, 1.54) is 11.8 Å². The number of carboxylic acid groups (broad SMARTS) is 1. The molecule has 1 aromatic rings. The number of amides is 1. The maximum atomic E-state index is 12.1. The Hall–Kier alpha value is -0.560. The summed E-state index contributed by atoms with van der Waals surface area (Å²) in [5.74, 6) is 1.06. The lowest BCUT2D eigenvalue weighted by Gasteiger charge is -2.33. The van der Waals surface area contributed by atoms with Crippen LogP contribution in [-0.2, 0) is 15.3 Å². The number of benzene rings is 1. The average molecular weight is 394 g/mol. The minimum atomic E-state index is -1.11. The molecule has 4 nitrogen and oxygen atoms in total. The van der Waals surface area contributed by atoms with Crippen LogP contribution < -0.4 is 5.32 Å². The molecule has 1 heterocycles. The van der Waals surface area contributed by atoms with Gasteiger partial charge in [0.05, 0.1) is 5.75 Å². The van der Waals surface area contributed by atoms with Crippen LogP contribution in [0.2, 0.25) is 10.0 Å². The zero-order valence-corrected chi connectivity index (χ0v) is 15.5. The number of hydrogen-bond donors (Lipinski definition) is 2. The van der Waals surface area contributed by atoms with Gasteiger partial charge in [-0.15, -0.1) is 11.8 Å². The van der Waals surface area contributed by atoms with Gasteiger partial charge in [-0.05, 0) is 42.0 Å². The van der Waals surface area contributed by atoms with Gasteiger partial charge in [0, 0.05) is 15.8 Å². The SMILES string of the molecule is O=C(CSCc1ccc(Cl)cc1Cl)NC1(C(=O)O)CCSCC1. The fourth-order valence-electron chi connectivity index (χ4n) is 2.31. The van der Waals surface area contributed by atoms with Crippen LogP contribution in [0.15, 0.2) is 18.2 Å². The maximum Gasteiger partial charge on any atom is 0.329 e. The molecule has 0 radical (unpaired) electrons. The van der Waals surface area contributed by atoms with E-state index < -0.39 is 11.5 Å². The largest absolute Gasteiger partial charge is 0.480 e. The zero-order valence-electron chi connectivity index (χ0n) is 12.3. The minimum absolute atomic E-state index is 0.196. The molecule has 0 spiro atoms. The third-order valence-electron chi connectivity index (χ3n) is 3.64. The number of halogens is 2. The van der Waals surface area contributed by atoms with E-state index in [0.717, 1.165) is 17.1 Å². The minimum Gasteiger partial charge on any atom is -0.480 e. The zero-order chi connectivity index (χ0) is 16.9. The predicted molar refractivity (Wildman–Crippen MR) is 97.7 cm³/mol. The summed E-state index contributed by atoms with van der Waals surface area (Å²) >= 11 is 15.0. The highest BCUT2D eigenvalue weighted by Gasteiger charge is 2.41. The van der Waals surface area contributed by atoms with Gasteiger partial charge in [0.1, 0.15) is 5.54 Å². The fraction of sp³-hybridized carbons (Fsp3) is 0.467. The lowest BCUT2D eigenvalue weighted by Crippen LogP contribution is -2.57. The summed E-state index contributed by atoms with van der Waals surface area (Å²) in [5.41, 5.74) is -0.211.